The second-order valence-corrected chi connectivity index (χ2v) is 7.71. The van der Waals surface area contributed by atoms with Gasteiger partial charge in [-0.1, -0.05) is 23.7 Å². The summed E-state index contributed by atoms with van der Waals surface area (Å²) >= 11 is 11.0. The summed E-state index contributed by atoms with van der Waals surface area (Å²) in [5, 5.41) is 6.79. The molecule has 0 radical (unpaired) electrons. The van der Waals surface area contributed by atoms with E-state index in [-0.39, 0.29) is 4.90 Å². The third-order valence-corrected chi connectivity index (χ3v) is 5.26. The van der Waals surface area contributed by atoms with Crippen molar-refractivity contribution in [3.63, 3.8) is 0 Å². The first kappa shape index (κ1) is 19.2. The summed E-state index contributed by atoms with van der Waals surface area (Å²) < 4.78 is 27.9. The Bertz CT molecular complexity index is 881. The van der Waals surface area contributed by atoms with Gasteiger partial charge >= 0.3 is 0 Å². The summed E-state index contributed by atoms with van der Waals surface area (Å²) in [6.45, 7) is 5.84. The number of nitrogens with one attached hydrogen (secondary N) is 3. The Labute approximate surface area is 158 Å². The first-order valence-electron chi connectivity index (χ1n) is 7.36. The first-order valence-corrected chi connectivity index (χ1v) is 9.63. The maximum Gasteiger partial charge on any atom is 0.262 e. The molecule has 2 rings (SSSR count). The van der Waals surface area contributed by atoms with Crippen LogP contribution >= 0.6 is 23.8 Å². The molecule has 0 heterocycles. The summed E-state index contributed by atoms with van der Waals surface area (Å²) in [5.41, 5.74) is 1.63. The van der Waals surface area contributed by atoms with Crippen molar-refractivity contribution >= 4 is 50.3 Å². The standard InChI is InChI=1S/C17H18ClN3O2S2/c1-3-10-19-17(24)20-15-7-4-12(2)16(11-15)25(22,23)21-14-8-5-13(18)6-9-14/h3-9,11,21H,1,10H2,2H3,(H2,19,20,24). The van der Waals surface area contributed by atoms with Crippen LogP contribution in [0.15, 0.2) is 60.0 Å². The molecule has 0 aliphatic heterocycles. The van der Waals surface area contributed by atoms with Crippen LogP contribution in [-0.2, 0) is 10.0 Å². The summed E-state index contributed by atoms with van der Waals surface area (Å²) in [4.78, 5) is 0.166. The number of benzene rings is 2. The van der Waals surface area contributed by atoms with Gasteiger partial charge in [-0.15, -0.1) is 6.58 Å². The maximum absolute atomic E-state index is 12.7. The van der Waals surface area contributed by atoms with Crippen molar-refractivity contribution in [2.24, 2.45) is 0 Å². The van der Waals surface area contributed by atoms with Gasteiger partial charge in [0.15, 0.2) is 5.11 Å². The topological polar surface area (TPSA) is 70.2 Å². The van der Waals surface area contributed by atoms with Gasteiger partial charge in [-0.3, -0.25) is 4.72 Å². The second-order valence-electron chi connectivity index (χ2n) is 5.22. The predicted molar refractivity (Wildman–Crippen MR) is 108 cm³/mol. The molecule has 0 atom stereocenters. The van der Waals surface area contributed by atoms with Crippen LogP contribution < -0.4 is 15.4 Å². The highest BCUT2D eigenvalue weighted by atomic mass is 35.5. The van der Waals surface area contributed by atoms with Gasteiger partial charge in [0.1, 0.15) is 0 Å². The lowest BCUT2D eigenvalue weighted by molar-refractivity contribution is 0.600. The van der Waals surface area contributed by atoms with E-state index in [1.165, 1.54) is 6.07 Å². The number of rotatable bonds is 6. The average Bonchev–Trinajstić information content (AvgIpc) is 2.56. The average molecular weight is 396 g/mol. The molecule has 0 spiro atoms. The minimum absolute atomic E-state index is 0.166. The van der Waals surface area contributed by atoms with Crippen molar-refractivity contribution in [3.8, 4) is 0 Å². The van der Waals surface area contributed by atoms with Crippen molar-refractivity contribution in [2.45, 2.75) is 11.8 Å². The minimum Gasteiger partial charge on any atom is -0.359 e. The SMILES string of the molecule is C=CCNC(=S)Nc1ccc(C)c(S(=O)(=O)Nc2ccc(Cl)cc2)c1. The fourth-order valence-electron chi connectivity index (χ4n) is 2.04. The summed E-state index contributed by atoms with van der Waals surface area (Å²) in [7, 11) is -3.75. The normalized spacial score (nSPS) is 10.8. The third-order valence-electron chi connectivity index (χ3n) is 3.24. The van der Waals surface area contributed by atoms with Gasteiger partial charge < -0.3 is 10.6 Å². The van der Waals surface area contributed by atoms with Gasteiger partial charge in [0.05, 0.1) is 4.90 Å². The fraction of sp³-hybridized carbons (Fsp3) is 0.118. The molecule has 132 valence electrons. The Kier molecular flexibility index (Phi) is 6.41. The smallest absolute Gasteiger partial charge is 0.262 e. The third kappa shape index (κ3) is 5.45. The number of sulfonamides is 1. The van der Waals surface area contributed by atoms with E-state index in [0.717, 1.165) is 0 Å². The highest BCUT2D eigenvalue weighted by Crippen LogP contribution is 2.23. The van der Waals surface area contributed by atoms with E-state index in [1.807, 2.05) is 0 Å². The number of aryl methyl sites for hydroxylation is 1. The molecule has 0 aliphatic carbocycles. The minimum atomic E-state index is -3.75. The molecule has 25 heavy (non-hydrogen) atoms. The Balaban J connectivity index is 2.24. The van der Waals surface area contributed by atoms with Crippen LogP contribution in [0.25, 0.3) is 0 Å². The van der Waals surface area contributed by atoms with Crippen LogP contribution in [0.3, 0.4) is 0 Å². The van der Waals surface area contributed by atoms with E-state index in [4.69, 9.17) is 23.8 Å². The van der Waals surface area contributed by atoms with Crippen LogP contribution in [0.1, 0.15) is 5.56 Å². The van der Waals surface area contributed by atoms with Crippen LogP contribution in [0.5, 0.6) is 0 Å². The van der Waals surface area contributed by atoms with Gasteiger partial charge in [0.2, 0.25) is 0 Å². The van der Waals surface area contributed by atoms with Crippen molar-refractivity contribution in [2.75, 3.05) is 16.6 Å². The van der Waals surface area contributed by atoms with Gasteiger partial charge in [-0.25, -0.2) is 8.42 Å². The van der Waals surface area contributed by atoms with E-state index in [0.29, 0.717) is 33.6 Å². The van der Waals surface area contributed by atoms with Gasteiger partial charge in [0.25, 0.3) is 10.0 Å². The zero-order valence-electron chi connectivity index (χ0n) is 13.5. The zero-order valence-corrected chi connectivity index (χ0v) is 15.9. The first-order chi connectivity index (χ1) is 11.8. The molecule has 0 aromatic heterocycles. The van der Waals surface area contributed by atoms with Gasteiger partial charge in [-0.05, 0) is 61.1 Å². The molecule has 3 N–H and O–H groups in total. The van der Waals surface area contributed by atoms with Crippen molar-refractivity contribution in [1.29, 1.82) is 0 Å². The maximum atomic E-state index is 12.7. The molecule has 0 unspecified atom stereocenters. The zero-order chi connectivity index (χ0) is 18.4. The molecule has 0 saturated heterocycles. The molecular weight excluding hydrogens is 378 g/mol. The van der Waals surface area contributed by atoms with Gasteiger partial charge in [-0.2, -0.15) is 0 Å². The molecule has 0 amide bonds. The molecule has 2 aromatic carbocycles. The van der Waals surface area contributed by atoms with E-state index in [9.17, 15) is 8.42 Å². The van der Waals surface area contributed by atoms with Gasteiger partial charge in [0, 0.05) is 22.9 Å². The van der Waals surface area contributed by atoms with E-state index in [2.05, 4.69) is 21.9 Å². The van der Waals surface area contributed by atoms with E-state index < -0.39 is 10.0 Å². The lowest BCUT2D eigenvalue weighted by Gasteiger charge is -2.14. The van der Waals surface area contributed by atoms with Crippen LogP contribution in [0.2, 0.25) is 5.02 Å². The number of thiocarbonyl (C=S) groups is 1. The monoisotopic (exact) mass is 395 g/mol. The Morgan fingerprint density at radius 1 is 1.20 bits per heavy atom. The largest absolute Gasteiger partial charge is 0.359 e. The Hall–Kier alpha value is -2.09. The van der Waals surface area contributed by atoms with Crippen molar-refractivity contribution in [3.05, 3.63) is 65.7 Å². The molecule has 8 heteroatoms. The van der Waals surface area contributed by atoms with Crippen LogP contribution in [0, 0.1) is 6.92 Å². The van der Waals surface area contributed by atoms with Crippen LogP contribution in [-0.4, -0.2) is 20.1 Å². The highest BCUT2D eigenvalue weighted by molar-refractivity contribution is 7.92. The van der Waals surface area contributed by atoms with E-state index in [1.54, 1.807) is 49.4 Å². The number of halogens is 1. The molecule has 5 nitrogen and oxygen atoms in total. The van der Waals surface area contributed by atoms with Crippen LogP contribution in [0.4, 0.5) is 11.4 Å². The number of hydrogen-bond donors (Lipinski definition) is 3. The van der Waals surface area contributed by atoms with Crippen molar-refractivity contribution in [1.82, 2.24) is 5.32 Å². The summed E-state index contributed by atoms with van der Waals surface area (Å²) in [6.07, 6.45) is 1.68. The Morgan fingerprint density at radius 2 is 1.84 bits per heavy atom. The number of anilines is 2. The molecule has 2 aromatic rings. The lowest BCUT2D eigenvalue weighted by atomic mass is 10.2. The van der Waals surface area contributed by atoms with Crippen molar-refractivity contribution < 1.29 is 8.42 Å². The molecule has 0 saturated carbocycles. The lowest BCUT2D eigenvalue weighted by Crippen LogP contribution is -2.28. The van der Waals surface area contributed by atoms with E-state index >= 15 is 0 Å². The number of hydrogen-bond acceptors (Lipinski definition) is 3. The molecule has 0 aliphatic rings. The summed E-state index contributed by atoms with van der Waals surface area (Å²) in [6, 6.07) is 11.5. The predicted octanol–water partition coefficient (Wildman–Crippen LogP) is 3.92. The quantitative estimate of drug-likeness (QED) is 0.510. The second kappa shape index (κ2) is 8.33. The summed E-state index contributed by atoms with van der Waals surface area (Å²) in [5.74, 6) is 0. The molecular formula is C17H18ClN3O2S2. The fourth-order valence-corrected chi connectivity index (χ4v) is 3.69. The molecule has 0 fully saturated rings. The Morgan fingerprint density at radius 3 is 2.48 bits per heavy atom. The highest BCUT2D eigenvalue weighted by Gasteiger charge is 2.18. The molecule has 0 bridgehead atoms.